The van der Waals surface area contributed by atoms with Gasteiger partial charge in [0.15, 0.2) is 0 Å². The Kier molecular flexibility index (Phi) is 3.56. The highest BCUT2D eigenvalue weighted by Gasteiger charge is 2.28. The number of carbonyl (C=O) groups excluding carboxylic acids is 1. The number of amides is 2. The van der Waals surface area contributed by atoms with Crippen molar-refractivity contribution >= 4 is 16.1 Å². The van der Waals surface area contributed by atoms with Crippen LogP contribution < -0.4 is 5.14 Å². The number of nitrogens with zero attached hydrogens (tertiary/aromatic N) is 2. The Morgan fingerprint density at radius 3 is 2.67 bits per heavy atom. The molecule has 0 aromatic heterocycles. The van der Waals surface area contributed by atoms with Crippen molar-refractivity contribution in [3.05, 3.63) is 0 Å². The monoisotopic (exact) mass is 235 g/mol. The van der Waals surface area contributed by atoms with Crippen LogP contribution in [0.5, 0.6) is 0 Å². The van der Waals surface area contributed by atoms with E-state index in [1.165, 1.54) is 0 Å². The second-order valence-corrected chi connectivity index (χ2v) is 5.64. The van der Waals surface area contributed by atoms with Crippen LogP contribution in [0.2, 0.25) is 0 Å². The standard InChI is InChI=1S/C8H17N3O3S/c1-7-3-4-10(2)8(12)11(7)5-6-15(9,13)14/h7H,3-6H2,1-2H3,(H2,9,13,14)/t7-/m0/s1. The molecule has 88 valence electrons. The van der Waals surface area contributed by atoms with Gasteiger partial charge in [-0.2, -0.15) is 0 Å². The maximum Gasteiger partial charge on any atom is 0.320 e. The van der Waals surface area contributed by atoms with Crippen molar-refractivity contribution in [1.29, 1.82) is 0 Å². The smallest absolute Gasteiger partial charge is 0.320 e. The lowest BCUT2D eigenvalue weighted by Gasteiger charge is -2.38. The molecule has 1 aliphatic rings. The molecule has 0 unspecified atom stereocenters. The Hall–Kier alpha value is -0.820. The Morgan fingerprint density at radius 2 is 2.13 bits per heavy atom. The molecule has 2 N–H and O–H groups in total. The topological polar surface area (TPSA) is 83.7 Å². The summed E-state index contributed by atoms with van der Waals surface area (Å²) in [5.74, 6) is -0.184. The molecule has 0 aromatic carbocycles. The molecule has 1 aliphatic heterocycles. The fourth-order valence-electron chi connectivity index (χ4n) is 1.58. The molecule has 0 aromatic rings. The summed E-state index contributed by atoms with van der Waals surface area (Å²) >= 11 is 0. The molecule has 0 spiro atoms. The number of rotatable bonds is 3. The first-order valence-electron chi connectivity index (χ1n) is 4.83. The molecule has 0 aliphatic carbocycles. The number of hydrogen-bond donors (Lipinski definition) is 1. The van der Waals surface area contributed by atoms with Gasteiger partial charge in [-0.3, -0.25) is 0 Å². The molecule has 0 saturated carbocycles. The maximum atomic E-state index is 11.7. The molecule has 6 nitrogen and oxygen atoms in total. The predicted molar refractivity (Wildman–Crippen MR) is 56.8 cm³/mol. The van der Waals surface area contributed by atoms with Crippen molar-refractivity contribution in [3.63, 3.8) is 0 Å². The van der Waals surface area contributed by atoms with Crippen LogP contribution >= 0.6 is 0 Å². The molecule has 1 rings (SSSR count). The van der Waals surface area contributed by atoms with Gasteiger partial charge in [0.25, 0.3) is 0 Å². The molecule has 7 heteroatoms. The molecule has 15 heavy (non-hydrogen) atoms. The van der Waals surface area contributed by atoms with E-state index in [9.17, 15) is 13.2 Å². The first-order chi connectivity index (χ1) is 6.81. The van der Waals surface area contributed by atoms with Crippen molar-refractivity contribution in [2.75, 3.05) is 25.9 Å². The second-order valence-electron chi connectivity index (χ2n) is 3.90. The third-order valence-corrected chi connectivity index (χ3v) is 3.35. The van der Waals surface area contributed by atoms with E-state index < -0.39 is 10.0 Å². The minimum absolute atomic E-state index is 0.0791. The summed E-state index contributed by atoms with van der Waals surface area (Å²) in [6.07, 6.45) is 0.854. The van der Waals surface area contributed by atoms with Crippen LogP contribution in [0.3, 0.4) is 0 Å². The Bertz CT molecular complexity index is 341. The largest absolute Gasteiger partial charge is 0.328 e. The highest BCUT2D eigenvalue weighted by atomic mass is 32.2. The predicted octanol–water partition coefficient (Wildman–Crippen LogP) is -0.579. The van der Waals surface area contributed by atoms with Crippen LogP contribution in [0, 0.1) is 0 Å². The Balaban J connectivity index is 2.62. The molecular formula is C8H17N3O3S. The minimum Gasteiger partial charge on any atom is -0.328 e. The van der Waals surface area contributed by atoms with Gasteiger partial charge in [0.2, 0.25) is 10.0 Å². The third kappa shape index (κ3) is 3.35. The Labute approximate surface area is 90.1 Å². The summed E-state index contributed by atoms with van der Waals surface area (Å²) < 4.78 is 21.6. The zero-order valence-electron chi connectivity index (χ0n) is 9.01. The summed E-state index contributed by atoms with van der Waals surface area (Å²) in [4.78, 5) is 14.8. The molecule has 2 amide bonds. The fourth-order valence-corrected chi connectivity index (χ4v) is 2.03. The molecule has 1 fully saturated rings. The molecule has 1 saturated heterocycles. The third-order valence-electron chi connectivity index (χ3n) is 2.60. The van der Waals surface area contributed by atoms with E-state index in [0.717, 1.165) is 6.42 Å². The second kappa shape index (κ2) is 4.36. The summed E-state index contributed by atoms with van der Waals surface area (Å²) in [5.41, 5.74) is 0. The lowest BCUT2D eigenvalue weighted by Crippen LogP contribution is -2.53. The zero-order chi connectivity index (χ0) is 11.6. The van der Waals surface area contributed by atoms with Crippen LogP contribution in [0.15, 0.2) is 0 Å². The zero-order valence-corrected chi connectivity index (χ0v) is 9.83. The lowest BCUT2D eigenvalue weighted by molar-refractivity contribution is 0.118. The van der Waals surface area contributed by atoms with E-state index in [0.29, 0.717) is 6.54 Å². The first kappa shape index (κ1) is 12.3. The van der Waals surface area contributed by atoms with Crippen LogP contribution in [-0.2, 0) is 10.0 Å². The van der Waals surface area contributed by atoms with Gasteiger partial charge in [-0.1, -0.05) is 0 Å². The number of nitrogens with two attached hydrogens (primary N) is 1. The van der Waals surface area contributed by atoms with Crippen molar-refractivity contribution in [1.82, 2.24) is 9.80 Å². The van der Waals surface area contributed by atoms with Crippen molar-refractivity contribution in [2.24, 2.45) is 5.14 Å². The minimum atomic E-state index is -3.50. The average Bonchev–Trinajstić information content (AvgIpc) is 2.10. The molecule has 1 atom stereocenters. The molecule has 0 radical (unpaired) electrons. The van der Waals surface area contributed by atoms with Gasteiger partial charge < -0.3 is 9.80 Å². The Morgan fingerprint density at radius 1 is 1.53 bits per heavy atom. The van der Waals surface area contributed by atoms with E-state index in [2.05, 4.69) is 0 Å². The number of urea groups is 1. The van der Waals surface area contributed by atoms with Gasteiger partial charge >= 0.3 is 6.03 Å². The van der Waals surface area contributed by atoms with Gasteiger partial charge in [0.05, 0.1) is 5.75 Å². The van der Waals surface area contributed by atoms with Gasteiger partial charge in [-0.25, -0.2) is 18.4 Å². The maximum absolute atomic E-state index is 11.7. The van der Waals surface area contributed by atoms with E-state index in [1.54, 1.807) is 16.8 Å². The number of carbonyl (C=O) groups is 1. The van der Waals surface area contributed by atoms with E-state index in [-0.39, 0.29) is 24.4 Å². The highest BCUT2D eigenvalue weighted by molar-refractivity contribution is 7.89. The van der Waals surface area contributed by atoms with E-state index >= 15 is 0 Å². The SMILES string of the molecule is C[C@H]1CCN(C)C(=O)N1CCS(N)(=O)=O. The number of primary sulfonamides is 1. The highest BCUT2D eigenvalue weighted by Crippen LogP contribution is 2.13. The van der Waals surface area contributed by atoms with Gasteiger partial charge in [-0.15, -0.1) is 0 Å². The van der Waals surface area contributed by atoms with Crippen molar-refractivity contribution in [3.8, 4) is 0 Å². The van der Waals surface area contributed by atoms with E-state index in [4.69, 9.17) is 5.14 Å². The normalized spacial score (nSPS) is 23.4. The lowest BCUT2D eigenvalue weighted by atomic mass is 10.1. The van der Waals surface area contributed by atoms with E-state index in [1.807, 2.05) is 6.92 Å². The summed E-state index contributed by atoms with van der Waals surface area (Å²) in [6, 6.07) is -0.0483. The first-order valence-corrected chi connectivity index (χ1v) is 6.55. The summed E-state index contributed by atoms with van der Waals surface area (Å²) in [6.45, 7) is 2.79. The molecular weight excluding hydrogens is 218 g/mol. The van der Waals surface area contributed by atoms with Crippen LogP contribution in [0.4, 0.5) is 4.79 Å². The van der Waals surface area contributed by atoms with Gasteiger partial charge in [0, 0.05) is 26.2 Å². The van der Waals surface area contributed by atoms with Crippen molar-refractivity contribution in [2.45, 2.75) is 19.4 Å². The number of hydrogen-bond acceptors (Lipinski definition) is 3. The van der Waals surface area contributed by atoms with Crippen molar-refractivity contribution < 1.29 is 13.2 Å². The van der Waals surface area contributed by atoms with Gasteiger partial charge in [0.1, 0.15) is 0 Å². The quantitative estimate of drug-likeness (QED) is 0.710. The van der Waals surface area contributed by atoms with Gasteiger partial charge in [-0.05, 0) is 13.3 Å². The van der Waals surface area contributed by atoms with Crippen LogP contribution in [0.25, 0.3) is 0 Å². The molecule has 1 heterocycles. The average molecular weight is 235 g/mol. The van der Waals surface area contributed by atoms with Crippen LogP contribution in [-0.4, -0.2) is 56.2 Å². The van der Waals surface area contributed by atoms with Crippen LogP contribution in [0.1, 0.15) is 13.3 Å². The molecule has 0 bridgehead atoms. The number of sulfonamides is 1. The summed E-state index contributed by atoms with van der Waals surface area (Å²) in [7, 11) is -1.79. The fraction of sp³-hybridized carbons (Fsp3) is 0.875. The summed E-state index contributed by atoms with van der Waals surface area (Å²) in [5, 5.41) is 4.90.